The number of amides is 1. The highest BCUT2D eigenvalue weighted by atomic mass is 127. The first-order valence-corrected chi connectivity index (χ1v) is 11.3. The van der Waals surface area contributed by atoms with Crippen LogP contribution in [0.4, 0.5) is 9.52 Å². The van der Waals surface area contributed by atoms with Crippen LogP contribution < -0.4 is 10.2 Å². The first-order valence-electron chi connectivity index (χ1n) is 9.07. The van der Waals surface area contributed by atoms with Crippen molar-refractivity contribution in [2.75, 3.05) is 32.2 Å². The number of aryl methyl sites for hydroxylation is 1. The van der Waals surface area contributed by atoms with E-state index in [2.05, 4.69) is 37.9 Å². The normalized spacial score (nSPS) is 19.1. The molecule has 0 unspecified atom stereocenters. The summed E-state index contributed by atoms with van der Waals surface area (Å²) in [6.07, 6.45) is -0.929. The SMILES string of the molecule is COCc1nc(N2CC[C@@H](NC(=O)c3[nH]c(C)c(I)c3Cl)[C@@H](F)C2)sc1C(=O)OC. The fraction of sp³-hybridized carbons (Fsp3) is 0.500. The van der Waals surface area contributed by atoms with Crippen LogP contribution in [-0.2, 0) is 16.1 Å². The Balaban J connectivity index is 1.68. The van der Waals surface area contributed by atoms with Crippen LogP contribution in [0.15, 0.2) is 0 Å². The average Bonchev–Trinajstić information content (AvgIpc) is 3.26. The maximum atomic E-state index is 14.9. The number of piperidine rings is 1. The lowest BCUT2D eigenvalue weighted by molar-refractivity contribution is 0.0601. The van der Waals surface area contributed by atoms with Crippen molar-refractivity contribution >= 4 is 62.5 Å². The van der Waals surface area contributed by atoms with Crippen molar-refractivity contribution in [1.82, 2.24) is 15.3 Å². The van der Waals surface area contributed by atoms with Gasteiger partial charge >= 0.3 is 5.97 Å². The number of carbonyl (C=O) groups excluding carboxylic acids is 2. The van der Waals surface area contributed by atoms with Crippen molar-refractivity contribution in [2.24, 2.45) is 0 Å². The van der Waals surface area contributed by atoms with Gasteiger partial charge in [0.2, 0.25) is 0 Å². The van der Waals surface area contributed by atoms with Gasteiger partial charge in [-0.3, -0.25) is 4.79 Å². The number of halogens is 3. The van der Waals surface area contributed by atoms with Crippen molar-refractivity contribution in [3.8, 4) is 0 Å². The number of thiazole rings is 1. The van der Waals surface area contributed by atoms with E-state index in [1.807, 2.05) is 6.92 Å². The molecular formula is C18H21ClFIN4O4S. The number of methoxy groups -OCH3 is 2. The van der Waals surface area contributed by atoms with E-state index >= 15 is 0 Å². The molecule has 30 heavy (non-hydrogen) atoms. The van der Waals surface area contributed by atoms with E-state index in [-0.39, 0.29) is 18.8 Å². The number of hydrogen-bond acceptors (Lipinski definition) is 7. The largest absolute Gasteiger partial charge is 0.465 e. The van der Waals surface area contributed by atoms with Crippen molar-refractivity contribution < 1.29 is 23.5 Å². The number of hydrogen-bond donors (Lipinski definition) is 2. The fourth-order valence-corrected chi connectivity index (χ4v) is 4.87. The maximum absolute atomic E-state index is 14.9. The lowest BCUT2D eigenvalue weighted by Crippen LogP contribution is -2.52. The second-order valence-electron chi connectivity index (χ2n) is 6.78. The van der Waals surface area contributed by atoms with E-state index in [4.69, 9.17) is 21.1 Å². The van der Waals surface area contributed by atoms with Crippen LogP contribution in [0.2, 0.25) is 5.02 Å². The fourth-order valence-electron chi connectivity index (χ4n) is 3.17. The molecule has 1 fully saturated rings. The molecule has 12 heteroatoms. The summed E-state index contributed by atoms with van der Waals surface area (Å²) in [5, 5.41) is 3.59. The third kappa shape index (κ3) is 4.73. The molecule has 0 saturated carbocycles. The average molecular weight is 571 g/mol. The molecule has 0 bridgehead atoms. The van der Waals surface area contributed by atoms with Crippen molar-refractivity contribution in [3.63, 3.8) is 0 Å². The standard InChI is InChI=1S/C18H21ClFIN4O4S/c1-8-13(21)12(19)14(22-8)16(26)23-10-4-5-25(6-9(10)20)18-24-11(7-28-2)15(30-18)17(27)29-3/h9-10,22H,4-7H2,1-3H3,(H,23,26)/t9-,10+/m0/s1. The predicted molar refractivity (Wildman–Crippen MR) is 120 cm³/mol. The number of anilines is 1. The Morgan fingerprint density at radius 2 is 2.20 bits per heavy atom. The molecule has 3 heterocycles. The molecule has 8 nitrogen and oxygen atoms in total. The number of H-pyrrole nitrogens is 1. The van der Waals surface area contributed by atoms with Crippen LogP contribution in [-0.4, -0.2) is 61.4 Å². The molecule has 2 aromatic heterocycles. The van der Waals surface area contributed by atoms with Gasteiger partial charge in [0.15, 0.2) is 5.13 Å². The molecule has 1 saturated heterocycles. The zero-order valence-electron chi connectivity index (χ0n) is 16.6. The number of nitrogens with zero attached hydrogens (tertiary/aromatic N) is 2. The number of alkyl halides is 1. The van der Waals surface area contributed by atoms with E-state index < -0.39 is 24.1 Å². The Bertz CT molecular complexity index is 953. The minimum absolute atomic E-state index is 0.0422. The molecule has 0 spiro atoms. The van der Waals surface area contributed by atoms with E-state index in [1.165, 1.54) is 14.2 Å². The van der Waals surface area contributed by atoms with E-state index in [1.54, 1.807) is 4.90 Å². The highest BCUT2D eigenvalue weighted by molar-refractivity contribution is 14.1. The zero-order valence-corrected chi connectivity index (χ0v) is 20.3. The smallest absolute Gasteiger partial charge is 0.350 e. The third-order valence-corrected chi connectivity index (χ3v) is 7.93. The van der Waals surface area contributed by atoms with Gasteiger partial charge in [-0.15, -0.1) is 0 Å². The third-order valence-electron chi connectivity index (χ3n) is 4.75. The molecule has 164 valence electrons. The second-order valence-corrected chi connectivity index (χ2v) is 9.21. The Labute approximate surface area is 195 Å². The first kappa shape index (κ1) is 23.2. The summed E-state index contributed by atoms with van der Waals surface area (Å²) < 4.78 is 25.5. The molecule has 0 aliphatic carbocycles. The highest BCUT2D eigenvalue weighted by Crippen LogP contribution is 2.31. The molecule has 0 aromatic carbocycles. The van der Waals surface area contributed by atoms with Gasteiger partial charge in [-0.1, -0.05) is 22.9 Å². The lowest BCUT2D eigenvalue weighted by Gasteiger charge is -2.34. The molecular weight excluding hydrogens is 550 g/mol. The van der Waals surface area contributed by atoms with Gasteiger partial charge in [0.05, 0.1) is 40.6 Å². The molecule has 0 radical (unpaired) electrons. The van der Waals surface area contributed by atoms with Crippen LogP contribution >= 0.6 is 45.5 Å². The van der Waals surface area contributed by atoms with Crippen LogP contribution in [0.25, 0.3) is 0 Å². The van der Waals surface area contributed by atoms with Crippen molar-refractivity contribution in [1.29, 1.82) is 0 Å². The number of aromatic nitrogens is 2. The maximum Gasteiger partial charge on any atom is 0.350 e. The molecule has 2 N–H and O–H groups in total. The van der Waals surface area contributed by atoms with Gasteiger partial charge < -0.3 is 24.7 Å². The molecule has 1 aliphatic rings. The van der Waals surface area contributed by atoms with Gasteiger partial charge in [-0.05, 0) is 35.9 Å². The van der Waals surface area contributed by atoms with E-state index in [0.29, 0.717) is 33.7 Å². The number of ether oxygens (including phenoxy) is 2. The Morgan fingerprint density at radius 1 is 1.47 bits per heavy atom. The molecule has 1 aliphatic heterocycles. The summed E-state index contributed by atoms with van der Waals surface area (Å²) in [4.78, 5) is 34.0. The summed E-state index contributed by atoms with van der Waals surface area (Å²) >= 11 is 9.39. The van der Waals surface area contributed by atoms with Gasteiger partial charge in [-0.25, -0.2) is 14.2 Å². The topological polar surface area (TPSA) is 96.5 Å². The van der Waals surface area contributed by atoms with Crippen LogP contribution in [0.5, 0.6) is 0 Å². The molecule has 2 atom stereocenters. The molecule has 3 rings (SSSR count). The van der Waals surface area contributed by atoms with Gasteiger partial charge in [0.1, 0.15) is 16.7 Å². The van der Waals surface area contributed by atoms with Crippen LogP contribution in [0.3, 0.4) is 0 Å². The number of esters is 1. The predicted octanol–water partition coefficient (Wildman–Crippen LogP) is 3.32. The second kappa shape index (κ2) is 9.79. The van der Waals surface area contributed by atoms with Crippen LogP contribution in [0, 0.1) is 10.5 Å². The quantitative estimate of drug-likeness (QED) is 0.409. The van der Waals surface area contributed by atoms with Gasteiger partial charge in [0.25, 0.3) is 5.91 Å². The summed E-state index contributed by atoms with van der Waals surface area (Å²) in [7, 11) is 2.80. The van der Waals surface area contributed by atoms with Crippen molar-refractivity contribution in [2.45, 2.75) is 32.2 Å². The monoisotopic (exact) mass is 570 g/mol. The Morgan fingerprint density at radius 3 is 2.77 bits per heavy atom. The number of rotatable bonds is 6. The number of nitrogens with one attached hydrogen (secondary N) is 2. The van der Waals surface area contributed by atoms with Crippen LogP contribution in [0.1, 0.15) is 38.0 Å². The van der Waals surface area contributed by atoms with E-state index in [9.17, 15) is 14.0 Å². The Hall–Kier alpha value is -1.44. The van der Waals surface area contributed by atoms with Crippen molar-refractivity contribution in [3.05, 3.63) is 30.6 Å². The Kier molecular flexibility index (Phi) is 7.58. The summed E-state index contributed by atoms with van der Waals surface area (Å²) in [6, 6.07) is -0.649. The summed E-state index contributed by atoms with van der Waals surface area (Å²) in [6.45, 7) is 2.48. The number of aromatic amines is 1. The minimum atomic E-state index is -1.31. The zero-order chi connectivity index (χ0) is 22.0. The minimum Gasteiger partial charge on any atom is -0.465 e. The van der Waals surface area contributed by atoms with E-state index in [0.717, 1.165) is 20.6 Å². The lowest BCUT2D eigenvalue weighted by atomic mass is 10.0. The molecule has 2 aromatic rings. The van der Waals surface area contributed by atoms with Gasteiger partial charge in [0, 0.05) is 19.3 Å². The summed E-state index contributed by atoms with van der Waals surface area (Å²) in [5.74, 6) is -0.936. The highest BCUT2D eigenvalue weighted by Gasteiger charge is 2.33. The summed E-state index contributed by atoms with van der Waals surface area (Å²) in [5.41, 5.74) is 1.48. The number of carbonyl (C=O) groups is 2. The van der Waals surface area contributed by atoms with Gasteiger partial charge in [-0.2, -0.15) is 0 Å². The first-order chi connectivity index (χ1) is 14.3. The molecule has 1 amide bonds.